The summed E-state index contributed by atoms with van der Waals surface area (Å²) in [6, 6.07) is 6.52. The molecule has 0 spiro atoms. The van der Waals surface area contributed by atoms with Gasteiger partial charge in [0.15, 0.2) is 0 Å². The third kappa shape index (κ3) is 5.71. The van der Waals surface area contributed by atoms with Crippen LogP contribution in [0.3, 0.4) is 0 Å². The molecule has 88 valence electrons. The summed E-state index contributed by atoms with van der Waals surface area (Å²) in [6.07, 6.45) is 0. The minimum Gasteiger partial charge on any atom is -0.468 e. The van der Waals surface area contributed by atoms with E-state index in [9.17, 15) is 14.9 Å². The van der Waals surface area contributed by atoms with Gasteiger partial charge in [0.05, 0.1) is 18.6 Å². The normalized spacial score (nSPS) is 8.69. The molecule has 0 aliphatic rings. The molecule has 1 aromatic carbocycles. The van der Waals surface area contributed by atoms with Crippen LogP contribution in [0.15, 0.2) is 24.3 Å². The van der Waals surface area contributed by atoms with Crippen molar-refractivity contribution in [2.45, 2.75) is 6.92 Å². The lowest BCUT2D eigenvalue weighted by molar-refractivity contribution is -0.384. The van der Waals surface area contributed by atoms with E-state index in [1.54, 1.807) is 12.1 Å². The van der Waals surface area contributed by atoms with Gasteiger partial charge in [0, 0.05) is 12.1 Å². The number of carbonyl (C=O) groups is 1. The summed E-state index contributed by atoms with van der Waals surface area (Å²) in [5.74, 6) is -0.380. The molecule has 16 heavy (non-hydrogen) atoms. The summed E-state index contributed by atoms with van der Waals surface area (Å²) in [7, 11) is 1.30. The number of nitrogens with two attached hydrogens (primary N) is 1. The SMILES string of the molecule is COC(=O)CN.Cc1cccc([N+](=O)[O-])c1. The van der Waals surface area contributed by atoms with Gasteiger partial charge in [-0.3, -0.25) is 14.9 Å². The molecule has 0 atom stereocenters. The van der Waals surface area contributed by atoms with Crippen LogP contribution in [0.1, 0.15) is 5.56 Å². The Morgan fingerprint density at radius 1 is 1.56 bits per heavy atom. The third-order valence-electron chi connectivity index (χ3n) is 1.61. The fourth-order valence-corrected chi connectivity index (χ4v) is 0.825. The van der Waals surface area contributed by atoms with E-state index in [2.05, 4.69) is 4.74 Å². The highest BCUT2D eigenvalue weighted by molar-refractivity contribution is 5.70. The first-order valence-electron chi connectivity index (χ1n) is 4.49. The molecule has 0 saturated carbocycles. The summed E-state index contributed by atoms with van der Waals surface area (Å²) in [5.41, 5.74) is 5.87. The van der Waals surface area contributed by atoms with Gasteiger partial charge in [0.2, 0.25) is 0 Å². The molecule has 0 radical (unpaired) electrons. The van der Waals surface area contributed by atoms with Crippen molar-refractivity contribution < 1.29 is 14.5 Å². The lowest BCUT2D eigenvalue weighted by atomic mass is 10.2. The largest absolute Gasteiger partial charge is 0.468 e. The summed E-state index contributed by atoms with van der Waals surface area (Å²) < 4.78 is 4.14. The molecule has 2 N–H and O–H groups in total. The predicted octanol–water partition coefficient (Wildman–Crippen LogP) is 1.02. The van der Waals surface area contributed by atoms with E-state index in [0.29, 0.717) is 0 Å². The Kier molecular flexibility index (Phi) is 6.46. The van der Waals surface area contributed by atoms with Crippen LogP contribution in [-0.2, 0) is 9.53 Å². The maximum Gasteiger partial charge on any atom is 0.319 e. The molecule has 0 bridgehead atoms. The molecule has 0 saturated heterocycles. The van der Waals surface area contributed by atoms with Gasteiger partial charge in [-0.25, -0.2) is 0 Å². The minimum absolute atomic E-state index is 0.0312. The van der Waals surface area contributed by atoms with Gasteiger partial charge in [-0.1, -0.05) is 12.1 Å². The Balaban J connectivity index is 0.000000325. The Morgan fingerprint density at radius 2 is 2.19 bits per heavy atom. The van der Waals surface area contributed by atoms with Gasteiger partial charge in [0.25, 0.3) is 5.69 Å². The fraction of sp³-hybridized carbons (Fsp3) is 0.300. The number of hydrogen-bond donors (Lipinski definition) is 1. The second kappa shape index (κ2) is 7.36. The van der Waals surface area contributed by atoms with Gasteiger partial charge in [-0.05, 0) is 12.5 Å². The zero-order chi connectivity index (χ0) is 12.6. The monoisotopic (exact) mass is 226 g/mol. The summed E-state index contributed by atoms with van der Waals surface area (Å²) >= 11 is 0. The number of ether oxygens (including phenoxy) is 1. The molecular formula is C10H14N2O4. The highest BCUT2D eigenvalue weighted by Crippen LogP contribution is 2.11. The van der Waals surface area contributed by atoms with Gasteiger partial charge < -0.3 is 10.5 Å². The fourth-order valence-electron chi connectivity index (χ4n) is 0.825. The average Bonchev–Trinajstić information content (AvgIpc) is 2.28. The molecule has 0 aromatic heterocycles. The van der Waals surface area contributed by atoms with Crippen LogP contribution >= 0.6 is 0 Å². The van der Waals surface area contributed by atoms with Gasteiger partial charge in [0.1, 0.15) is 0 Å². The van der Waals surface area contributed by atoms with Crippen molar-refractivity contribution in [3.05, 3.63) is 39.9 Å². The first-order chi connectivity index (χ1) is 7.51. The Hall–Kier alpha value is -1.95. The number of benzene rings is 1. The van der Waals surface area contributed by atoms with Crippen molar-refractivity contribution in [2.75, 3.05) is 13.7 Å². The van der Waals surface area contributed by atoms with Crippen molar-refractivity contribution in [3.8, 4) is 0 Å². The molecule has 6 nitrogen and oxygen atoms in total. The zero-order valence-electron chi connectivity index (χ0n) is 9.17. The van der Waals surface area contributed by atoms with E-state index < -0.39 is 4.92 Å². The number of rotatable bonds is 2. The lowest BCUT2D eigenvalue weighted by Crippen LogP contribution is -2.14. The van der Waals surface area contributed by atoms with E-state index in [1.807, 2.05) is 13.0 Å². The summed E-state index contributed by atoms with van der Waals surface area (Å²) in [5, 5.41) is 10.2. The first kappa shape index (κ1) is 14.1. The summed E-state index contributed by atoms with van der Waals surface area (Å²) in [6.45, 7) is 1.80. The van der Waals surface area contributed by atoms with Crippen LogP contribution in [0, 0.1) is 17.0 Å². The van der Waals surface area contributed by atoms with Crippen molar-refractivity contribution in [2.24, 2.45) is 5.73 Å². The second-order valence-electron chi connectivity index (χ2n) is 2.88. The maximum absolute atomic E-state index is 10.2. The standard InChI is InChI=1S/C7H7NO2.C3H7NO2/c1-6-3-2-4-7(5-6)8(9)10;1-6-3(5)2-4/h2-5H,1H3;2,4H2,1H3. The molecule has 0 aliphatic carbocycles. The number of non-ortho nitro benzene ring substituents is 1. The van der Waals surface area contributed by atoms with E-state index in [1.165, 1.54) is 13.2 Å². The molecule has 6 heteroatoms. The van der Waals surface area contributed by atoms with Crippen LogP contribution in [0.2, 0.25) is 0 Å². The lowest BCUT2D eigenvalue weighted by Gasteiger charge is -1.90. The molecule has 0 unspecified atom stereocenters. The molecular weight excluding hydrogens is 212 g/mol. The number of esters is 1. The number of hydrogen-bond acceptors (Lipinski definition) is 5. The highest BCUT2D eigenvalue weighted by atomic mass is 16.6. The quantitative estimate of drug-likeness (QED) is 0.461. The van der Waals surface area contributed by atoms with Gasteiger partial charge in [-0.15, -0.1) is 0 Å². The molecule has 0 aliphatic heterocycles. The van der Waals surface area contributed by atoms with Crippen LogP contribution in [0.5, 0.6) is 0 Å². The van der Waals surface area contributed by atoms with Gasteiger partial charge in [-0.2, -0.15) is 0 Å². The number of aryl methyl sites for hydroxylation is 1. The third-order valence-corrected chi connectivity index (χ3v) is 1.61. The van der Waals surface area contributed by atoms with Crippen LogP contribution in [0.25, 0.3) is 0 Å². The zero-order valence-corrected chi connectivity index (χ0v) is 9.17. The van der Waals surface area contributed by atoms with E-state index in [-0.39, 0.29) is 18.2 Å². The smallest absolute Gasteiger partial charge is 0.319 e. The molecule has 1 rings (SSSR count). The van der Waals surface area contributed by atoms with Crippen molar-refractivity contribution in [1.29, 1.82) is 0 Å². The Labute approximate surface area is 93.2 Å². The van der Waals surface area contributed by atoms with Crippen molar-refractivity contribution in [3.63, 3.8) is 0 Å². The maximum atomic E-state index is 10.2. The number of carbonyl (C=O) groups excluding carboxylic acids is 1. The second-order valence-corrected chi connectivity index (χ2v) is 2.88. The molecule has 1 aromatic rings. The molecule has 0 fully saturated rings. The Morgan fingerprint density at radius 3 is 2.44 bits per heavy atom. The van der Waals surface area contributed by atoms with Crippen molar-refractivity contribution in [1.82, 2.24) is 0 Å². The predicted molar refractivity (Wildman–Crippen MR) is 58.9 cm³/mol. The summed E-state index contributed by atoms with van der Waals surface area (Å²) in [4.78, 5) is 19.6. The Bertz CT molecular complexity index is 360. The number of nitrogens with zero attached hydrogens (tertiary/aromatic N) is 1. The minimum atomic E-state index is -0.396. The van der Waals surface area contributed by atoms with Crippen LogP contribution < -0.4 is 5.73 Å². The average molecular weight is 226 g/mol. The molecule has 0 amide bonds. The highest BCUT2D eigenvalue weighted by Gasteiger charge is 2.01. The van der Waals surface area contributed by atoms with Gasteiger partial charge >= 0.3 is 5.97 Å². The number of nitro groups is 1. The first-order valence-corrected chi connectivity index (χ1v) is 4.49. The van der Waals surface area contributed by atoms with Crippen molar-refractivity contribution >= 4 is 11.7 Å². The van der Waals surface area contributed by atoms with E-state index in [0.717, 1.165) is 5.56 Å². The van der Waals surface area contributed by atoms with Crippen LogP contribution in [0.4, 0.5) is 5.69 Å². The number of nitro benzene ring substituents is 1. The topological polar surface area (TPSA) is 95.5 Å². The molecule has 0 heterocycles. The van der Waals surface area contributed by atoms with E-state index >= 15 is 0 Å². The van der Waals surface area contributed by atoms with Crippen LogP contribution in [-0.4, -0.2) is 24.5 Å². The van der Waals surface area contributed by atoms with E-state index in [4.69, 9.17) is 5.73 Å². The number of methoxy groups -OCH3 is 1.